The molecule has 0 aliphatic carbocycles. The summed E-state index contributed by atoms with van der Waals surface area (Å²) in [5, 5.41) is 0. The SMILES string of the molecule is CC1COCCN1C(=O)CCc1ccccc1N. The standard InChI is InChI=1S/C14H20N2O2/c1-11-10-18-9-8-16(11)14(17)7-6-12-4-2-3-5-13(12)15/h2-5,11H,6-10,15H2,1H3. The van der Waals surface area contributed by atoms with E-state index in [4.69, 9.17) is 10.5 Å². The van der Waals surface area contributed by atoms with Gasteiger partial charge in [-0.1, -0.05) is 18.2 Å². The number of rotatable bonds is 3. The molecule has 1 saturated heterocycles. The maximum atomic E-state index is 12.1. The third-order valence-electron chi connectivity index (χ3n) is 3.35. The van der Waals surface area contributed by atoms with Crippen LogP contribution in [0.1, 0.15) is 18.9 Å². The van der Waals surface area contributed by atoms with Crippen LogP contribution in [-0.2, 0) is 16.0 Å². The molecule has 2 rings (SSSR count). The first-order chi connectivity index (χ1) is 8.68. The van der Waals surface area contributed by atoms with Gasteiger partial charge >= 0.3 is 0 Å². The van der Waals surface area contributed by atoms with Gasteiger partial charge in [0.2, 0.25) is 5.91 Å². The monoisotopic (exact) mass is 248 g/mol. The molecule has 0 saturated carbocycles. The Bertz CT molecular complexity index is 420. The smallest absolute Gasteiger partial charge is 0.223 e. The summed E-state index contributed by atoms with van der Waals surface area (Å²) in [5.74, 6) is 0.189. The first kappa shape index (κ1) is 12.9. The number of carbonyl (C=O) groups excluding carboxylic acids is 1. The molecule has 1 aromatic carbocycles. The zero-order valence-electron chi connectivity index (χ0n) is 10.8. The van der Waals surface area contributed by atoms with E-state index in [1.165, 1.54) is 0 Å². The number of aryl methyl sites for hydroxylation is 1. The van der Waals surface area contributed by atoms with Gasteiger partial charge in [0.05, 0.1) is 19.3 Å². The van der Waals surface area contributed by atoms with Crippen LogP contribution in [0.5, 0.6) is 0 Å². The van der Waals surface area contributed by atoms with E-state index >= 15 is 0 Å². The molecule has 0 bridgehead atoms. The second-order valence-corrected chi connectivity index (χ2v) is 4.71. The van der Waals surface area contributed by atoms with Crippen molar-refractivity contribution in [1.82, 2.24) is 4.90 Å². The average Bonchev–Trinajstić information content (AvgIpc) is 2.38. The van der Waals surface area contributed by atoms with Gasteiger partial charge in [-0.3, -0.25) is 4.79 Å². The lowest BCUT2D eigenvalue weighted by molar-refractivity contribution is -0.139. The van der Waals surface area contributed by atoms with Crippen molar-refractivity contribution in [2.75, 3.05) is 25.5 Å². The highest BCUT2D eigenvalue weighted by molar-refractivity contribution is 5.77. The summed E-state index contributed by atoms with van der Waals surface area (Å²) in [5.41, 5.74) is 7.68. The van der Waals surface area contributed by atoms with Gasteiger partial charge in [0.15, 0.2) is 0 Å². The summed E-state index contributed by atoms with van der Waals surface area (Å²) < 4.78 is 5.33. The fourth-order valence-corrected chi connectivity index (χ4v) is 2.24. The fourth-order valence-electron chi connectivity index (χ4n) is 2.24. The number of nitrogens with zero attached hydrogens (tertiary/aromatic N) is 1. The van der Waals surface area contributed by atoms with Gasteiger partial charge in [-0.2, -0.15) is 0 Å². The van der Waals surface area contributed by atoms with Crippen molar-refractivity contribution >= 4 is 11.6 Å². The Morgan fingerprint density at radius 1 is 1.50 bits per heavy atom. The van der Waals surface area contributed by atoms with Crippen LogP contribution in [0.3, 0.4) is 0 Å². The van der Waals surface area contributed by atoms with Crippen LogP contribution in [0, 0.1) is 0 Å². The van der Waals surface area contributed by atoms with E-state index in [1.54, 1.807) is 0 Å². The average molecular weight is 248 g/mol. The lowest BCUT2D eigenvalue weighted by Crippen LogP contribution is -2.47. The maximum Gasteiger partial charge on any atom is 0.223 e. The molecule has 1 amide bonds. The van der Waals surface area contributed by atoms with Crippen molar-refractivity contribution in [2.45, 2.75) is 25.8 Å². The molecule has 4 heteroatoms. The molecule has 18 heavy (non-hydrogen) atoms. The number of carbonyl (C=O) groups is 1. The van der Waals surface area contributed by atoms with E-state index in [0.29, 0.717) is 32.6 Å². The Kier molecular flexibility index (Phi) is 4.20. The zero-order valence-corrected chi connectivity index (χ0v) is 10.8. The number of anilines is 1. The van der Waals surface area contributed by atoms with E-state index in [-0.39, 0.29) is 11.9 Å². The summed E-state index contributed by atoms with van der Waals surface area (Å²) in [6.45, 7) is 4.00. The number of nitrogens with two attached hydrogens (primary N) is 1. The van der Waals surface area contributed by atoms with Crippen molar-refractivity contribution in [3.8, 4) is 0 Å². The van der Waals surface area contributed by atoms with Crippen LogP contribution in [0.15, 0.2) is 24.3 Å². The lowest BCUT2D eigenvalue weighted by Gasteiger charge is -2.33. The second kappa shape index (κ2) is 5.87. The minimum absolute atomic E-state index is 0.180. The van der Waals surface area contributed by atoms with Gasteiger partial charge in [-0.05, 0) is 25.0 Å². The molecule has 1 aromatic rings. The Morgan fingerprint density at radius 2 is 2.28 bits per heavy atom. The highest BCUT2D eigenvalue weighted by Gasteiger charge is 2.23. The Balaban J connectivity index is 1.90. The lowest BCUT2D eigenvalue weighted by atomic mass is 10.1. The zero-order chi connectivity index (χ0) is 13.0. The number of ether oxygens (including phenoxy) is 1. The molecular weight excluding hydrogens is 228 g/mol. The van der Waals surface area contributed by atoms with Gasteiger partial charge < -0.3 is 15.4 Å². The normalized spacial score (nSPS) is 19.8. The number of para-hydroxylation sites is 1. The van der Waals surface area contributed by atoms with Crippen LogP contribution in [0.4, 0.5) is 5.69 Å². The van der Waals surface area contributed by atoms with Gasteiger partial charge in [0.1, 0.15) is 0 Å². The van der Waals surface area contributed by atoms with E-state index in [9.17, 15) is 4.79 Å². The Labute approximate surface area is 108 Å². The first-order valence-electron chi connectivity index (χ1n) is 6.39. The molecule has 1 fully saturated rings. The largest absolute Gasteiger partial charge is 0.399 e. The van der Waals surface area contributed by atoms with Crippen molar-refractivity contribution in [1.29, 1.82) is 0 Å². The quantitative estimate of drug-likeness (QED) is 0.824. The topological polar surface area (TPSA) is 55.6 Å². The number of benzene rings is 1. The van der Waals surface area contributed by atoms with Gasteiger partial charge in [0, 0.05) is 18.7 Å². The summed E-state index contributed by atoms with van der Waals surface area (Å²) >= 11 is 0. The molecule has 2 N–H and O–H groups in total. The van der Waals surface area contributed by atoms with Gasteiger partial charge in [-0.25, -0.2) is 0 Å². The van der Waals surface area contributed by atoms with Crippen molar-refractivity contribution in [3.63, 3.8) is 0 Å². The third kappa shape index (κ3) is 3.01. The molecule has 98 valence electrons. The first-order valence-corrected chi connectivity index (χ1v) is 6.39. The van der Waals surface area contributed by atoms with E-state index < -0.39 is 0 Å². The van der Waals surface area contributed by atoms with Crippen molar-refractivity contribution in [3.05, 3.63) is 29.8 Å². The van der Waals surface area contributed by atoms with Crippen LogP contribution < -0.4 is 5.73 Å². The van der Waals surface area contributed by atoms with E-state index in [0.717, 1.165) is 11.3 Å². The van der Waals surface area contributed by atoms with Crippen molar-refractivity contribution in [2.24, 2.45) is 0 Å². The minimum Gasteiger partial charge on any atom is -0.399 e. The number of morpholine rings is 1. The molecule has 4 nitrogen and oxygen atoms in total. The van der Waals surface area contributed by atoms with Crippen LogP contribution in [0.25, 0.3) is 0 Å². The maximum absolute atomic E-state index is 12.1. The summed E-state index contributed by atoms with van der Waals surface area (Å²) in [4.78, 5) is 14.0. The van der Waals surface area contributed by atoms with Crippen LogP contribution in [-0.4, -0.2) is 36.6 Å². The van der Waals surface area contributed by atoms with Crippen LogP contribution >= 0.6 is 0 Å². The third-order valence-corrected chi connectivity index (χ3v) is 3.35. The summed E-state index contributed by atoms with van der Waals surface area (Å²) in [6.07, 6.45) is 1.22. The molecule has 0 radical (unpaired) electrons. The molecule has 1 heterocycles. The van der Waals surface area contributed by atoms with Crippen molar-refractivity contribution < 1.29 is 9.53 Å². The summed E-state index contributed by atoms with van der Waals surface area (Å²) in [7, 11) is 0. The molecule has 0 aromatic heterocycles. The highest BCUT2D eigenvalue weighted by Crippen LogP contribution is 2.15. The van der Waals surface area contributed by atoms with Crippen LogP contribution in [0.2, 0.25) is 0 Å². The molecule has 1 unspecified atom stereocenters. The molecule has 1 atom stereocenters. The molecule has 0 spiro atoms. The number of hydrogen-bond donors (Lipinski definition) is 1. The second-order valence-electron chi connectivity index (χ2n) is 4.71. The number of hydrogen-bond acceptors (Lipinski definition) is 3. The van der Waals surface area contributed by atoms with Gasteiger partial charge in [-0.15, -0.1) is 0 Å². The molecule has 1 aliphatic rings. The minimum atomic E-state index is 0.180. The number of amides is 1. The Morgan fingerprint density at radius 3 is 3.00 bits per heavy atom. The molecule has 1 aliphatic heterocycles. The summed E-state index contributed by atoms with van der Waals surface area (Å²) in [6, 6.07) is 7.89. The molecular formula is C14H20N2O2. The predicted octanol–water partition coefficient (Wildman–Crippen LogP) is 1.45. The predicted molar refractivity (Wildman–Crippen MR) is 71.2 cm³/mol. The Hall–Kier alpha value is -1.55. The number of nitrogen functional groups attached to an aromatic ring is 1. The fraction of sp³-hybridized carbons (Fsp3) is 0.500. The van der Waals surface area contributed by atoms with E-state index in [2.05, 4.69) is 0 Å². The van der Waals surface area contributed by atoms with Gasteiger partial charge in [0.25, 0.3) is 0 Å². The highest BCUT2D eigenvalue weighted by atomic mass is 16.5. The van der Waals surface area contributed by atoms with E-state index in [1.807, 2.05) is 36.1 Å².